The summed E-state index contributed by atoms with van der Waals surface area (Å²) in [5, 5.41) is 1.04. The molecule has 100 valence electrons. The van der Waals surface area contributed by atoms with Crippen LogP contribution < -0.4 is 0 Å². The molecule has 0 fully saturated rings. The van der Waals surface area contributed by atoms with Gasteiger partial charge in [0.2, 0.25) is 0 Å². The highest BCUT2D eigenvalue weighted by molar-refractivity contribution is 5.88. The van der Waals surface area contributed by atoms with E-state index in [1.165, 1.54) is 0 Å². The van der Waals surface area contributed by atoms with E-state index in [0.29, 0.717) is 0 Å². The summed E-state index contributed by atoms with van der Waals surface area (Å²) < 4.78 is 5.44. The highest BCUT2D eigenvalue weighted by Crippen LogP contribution is 2.26. The number of ether oxygens (including phenoxy) is 1. The number of esters is 1. The first-order chi connectivity index (χ1) is 8.88. The molecule has 19 heavy (non-hydrogen) atoms. The molecule has 0 N–H and O–H groups in total. The highest BCUT2D eigenvalue weighted by Gasteiger charge is 2.24. The lowest BCUT2D eigenvalue weighted by Crippen LogP contribution is -2.26. The van der Waals surface area contributed by atoms with Gasteiger partial charge in [0.05, 0.1) is 11.4 Å². The first kappa shape index (κ1) is 13.5. The molecule has 0 saturated carbocycles. The third kappa shape index (κ3) is 3.11. The van der Waals surface area contributed by atoms with E-state index in [0.717, 1.165) is 16.5 Å². The molecule has 0 amide bonds. The van der Waals surface area contributed by atoms with Gasteiger partial charge in [-0.05, 0) is 39.3 Å². The standard InChI is InChI=1S/C16H19NO2/c1-11(15(18)19-16(2,3)4)13-9-5-7-12-8-6-10-17-14(12)13/h5-11H,1-4H3. The summed E-state index contributed by atoms with van der Waals surface area (Å²) in [5.41, 5.74) is 1.30. The first-order valence-electron chi connectivity index (χ1n) is 6.45. The fourth-order valence-corrected chi connectivity index (χ4v) is 1.99. The summed E-state index contributed by atoms with van der Waals surface area (Å²) in [6.45, 7) is 7.48. The van der Waals surface area contributed by atoms with Crippen LogP contribution in [-0.4, -0.2) is 16.6 Å². The minimum atomic E-state index is -0.469. The number of pyridine rings is 1. The number of nitrogens with zero attached hydrogens (tertiary/aromatic N) is 1. The van der Waals surface area contributed by atoms with Crippen molar-refractivity contribution < 1.29 is 9.53 Å². The van der Waals surface area contributed by atoms with Crippen LogP contribution in [0.4, 0.5) is 0 Å². The van der Waals surface area contributed by atoms with E-state index in [1.54, 1.807) is 6.20 Å². The van der Waals surface area contributed by atoms with E-state index < -0.39 is 5.60 Å². The van der Waals surface area contributed by atoms with Crippen molar-refractivity contribution in [1.29, 1.82) is 0 Å². The average molecular weight is 257 g/mol. The number of hydrogen-bond acceptors (Lipinski definition) is 3. The van der Waals surface area contributed by atoms with Gasteiger partial charge in [0.25, 0.3) is 0 Å². The minimum absolute atomic E-state index is 0.217. The van der Waals surface area contributed by atoms with Gasteiger partial charge in [0.15, 0.2) is 0 Å². The van der Waals surface area contributed by atoms with Crippen LogP contribution in [0.15, 0.2) is 36.5 Å². The maximum Gasteiger partial charge on any atom is 0.313 e. The Hall–Kier alpha value is -1.90. The summed E-state index contributed by atoms with van der Waals surface area (Å²) in [5.74, 6) is -0.538. The molecule has 0 bridgehead atoms. The molecule has 1 unspecified atom stereocenters. The zero-order valence-corrected chi connectivity index (χ0v) is 11.8. The Morgan fingerprint density at radius 1 is 1.21 bits per heavy atom. The Morgan fingerprint density at radius 3 is 2.58 bits per heavy atom. The van der Waals surface area contributed by atoms with Gasteiger partial charge in [-0.2, -0.15) is 0 Å². The van der Waals surface area contributed by atoms with Gasteiger partial charge in [0.1, 0.15) is 5.60 Å². The van der Waals surface area contributed by atoms with Crippen LogP contribution in [0.2, 0.25) is 0 Å². The van der Waals surface area contributed by atoms with Crippen LogP contribution in [0, 0.1) is 0 Å². The van der Waals surface area contributed by atoms with E-state index in [9.17, 15) is 4.79 Å². The van der Waals surface area contributed by atoms with Crippen molar-refractivity contribution in [3.05, 3.63) is 42.1 Å². The third-order valence-corrected chi connectivity index (χ3v) is 2.89. The lowest BCUT2D eigenvalue weighted by Gasteiger charge is -2.22. The smallest absolute Gasteiger partial charge is 0.313 e. The number of carbonyl (C=O) groups excluding carboxylic acids is 1. The predicted octanol–water partition coefficient (Wildman–Crippen LogP) is 3.68. The number of rotatable bonds is 2. The van der Waals surface area contributed by atoms with Crippen molar-refractivity contribution in [1.82, 2.24) is 4.98 Å². The molecule has 0 spiro atoms. The van der Waals surface area contributed by atoms with Crippen LogP contribution in [0.5, 0.6) is 0 Å². The SMILES string of the molecule is CC(C(=O)OC(C)(C)C)c1cccc2cccnc12. The Kier molecular flexibility index (Phi) is 3.56. The maximum absolute atomic E-state index is 12.2. The Balaban J connectivity index is 2.36. The lowest BCUT2D eigenvalue weighted by atomic mass is 9.98. The van der Waals surface area contributed by atoms with Gasteiger partial charge in [0, 0.05) is 11.6 Å². The Bertz CT molecular complexity index is 594. The fraction of sp³-hybridized carbons (Fsp3) is 0.375. The summed E-state index contributed by atoms with van der Waals surface area (Å²) in [6, 6.07) is 9.76. The van der Waals surface area contributed by atoms with Crippen molar-refractivity contribution in [2.45, 2.75) is 39.2 Å². The van der Waals surface area contributed by atoms with Crippen LogP contribution in [0.25, 0.3) is 10.9 Å². The summed E-state index contributed by atoms with van der Waals surface area (Å²) in [6.07, 6.45) is 1.74. The number of aromatic nitrogens is 1. The predicted molar refractivity (Wildman–Crippen MR) is 76.0 cm³/mol. The van der Waals surface area contributed by atoms with Crippen LogP contribution in [0.1, 0.15) is 39.2 Å². The zero-order chi connectivity index (χ0) is 14.0. The third-order valence-electron chi connectivity index (χ3n) is 2.89. The molecule has 3 nitrogen and oxygen atoms in total. The first-order valence-corrected chi connectivity index (χ1v) is 6.45. The maximum atomic E-state index is 12.2. The molecule has 2 rings (SSSR count). The summed E-state index contributed by atoms with van der Waals surface area (Å²) in [4.78, 5) is 16.5. The molecule has 1 heterocycles. The zero-order valence-electron chi connectivity index (χ0n) is 11.8. The second-order valence-electron chi connectivity index (χ2n) is 5.68. The van der Waals surface area contributed by atoms with Gasteiger partial charge >= 0.3 is 5.97 Å². The lowest BCUT2D eigenvalue weighted by molar-refractivity contribution is -0.156. The number of benzene rings is 1. The number of hydrogen-bond donors (Lipinski definition) is 0. The molecule has 0 saturated heterocycles. The molecule has 0 radical (unpaired) electrons. The quantitative estimate of drug-likeness (QED) is 0.770. The monoisotopic (exact) mass is 257 g/mol. The molecule has 1 atom stereocenters. The molecule has 1 aromatic heterocycles. The number of carbonyl (C=O) groups is 1. The molecular weight excluding hydrogens is 238 g/mol. The normalized spacial score (nSPS) is 13.3. The van der Waals surface area contributed by atoms with Crippen molar-refractivity contribution in [2.24, 2.45) is 0 Å². The molecule has 0 aliphatic heterocycles. The molecule has 0 aliphatic carbocycles. The van der Waals surface area contributed by atoms with Gasteiger partial charge < -0.3 is 4.74 Å². The van der Waals surface area contributed by atoms with Crippen molar-refractivity contribution in [3.8, 4) is 0 Å². The minimum Gasteiger partial charge on any atom is -0.460 e. The van der Waals surface area contributed by atoms with E-state index in [4.69, 9.17) is 4.74 Å². The highest BCUT2D eigenvalue weighted by atomic mass is 16.6. The van der Waals surface area contributed by atoms with Gasteiger partial charge in [-0.3, -0.25) is 9.78 Å². The molecule has 0 aliphatic rings. The summed E-state index contributed by atoms with van der Waals surface area (Å²) >= 11 is 0. The Morgan fingerprint density at radius 2 is 1.89 bits per heavy atom. The van der Waals surface area contributed by atoms with E-state index in [1.807, 2.05) is 58.0 Å². The average Bonchev–Trinajstić information content (AvgIpc) is 2.35. The van der Waals surface area contributed by atoms with Crippen molar-refractivity contribution >= 4 is 16.9 Å². The molecular formula is C16H19NO2. The molecule has 1 aromatic carbocycles. The van der Waals surface area contributed by atoms with E-state index in [-0.39, 0.29) is 11.9 Å². The Labute approximate surface area is 113 Å². The van der Waals surface area contributed by atoms with E-state index >= 15 is 0 Å². The van der Waals surface area contributed by atoms with Crippen molar-refractivity contribution in [3.63, 3.8) is 0 Å². The fourth-order valence-electron chi connectivity index (χ4n) is 1.99. The molecule has 2 aromatic rings. The van der Waals surface area contributed by atoms with Crippen LogP contribution in [-0.2, 0) is 9.53 Å². The molecule has 3 heteroatoms. The van der Waals surface area contributed by atoms with Crippen LogP contribution in [0.3, 0.4) is 0 Å². The summed E-state index contributed by atoms with van der Waals surface area (Å²) in [7, 11) is 0. The second-order valence-corrected chi connectivity index (χ2v) is 5.68. The van der Waals surface area contributed by atoms with Gasteiger partial charge in [-0.15, -0.1) is 0 Å². The van der Waals surface area contributed by atoms with Gasteiger partial charge in [-0.1, -0.05) is 24.3 Å². The van der Waals surface area contributed by atoms with Crippen LogP contribution >= 0.6 is 0 Å². The van der Waals surface area contributed by atoms with Crippen molar-refractivity contribution in [2.75, 3.05) is 0 Å². The topological polar surface area (TPSA) is 39.2 Å². The van der Waals surface area contributed by atoms with Gasteiger partial charge in [-0.25, -0.2) is 0 Å². The van der Waals surface area contributed by atoms with E-state index in [2.05, 4.69) is 4.98 Å². The number of para-hydroxylation sites is 1. The largest absolute Gasteiger partial charge is 0.460 e. The number of fused-ring (bicyclic) bond motifs is 1. The second kappa shape index (κ2) is 5.00.